The molecule has 0 aromatic carbocycles. The summed E-state index contributed by atoms with van der Waals surface area (Å²) in [7, 11) is 1.98. The van der Waals surface area contributed by atoms with Crippen molar-refractivity contribution in [1.29, 1.82) is 0 Å². The first kappa shape index (κ1) is 10.8. The Balaban J connectivity index is 2.18. The predicted molar refractivity (Wildman–Crippen MR) is 55.8 cm³/mol. The van der Waals surface area contributed by atoms with Crippen LogP contribution in [0.1, 0.15) is 12.5 Å². The van der Waals surface area contributed by atoms with Crippen molar-refractivity contribution in [1.82, 2.24) is 15.2 Å². The van der Waals surface area contributed by atoms with E-state index in [1.165, 1.54) is 5.56 Å². The van der Waals surface area contributed by atoms with E-state index >= 15 is 0 Å². The van der Waals surface area contributed by atoms with Gasteiger partial charge in [-0.15, -0.1) is 0 Å². The zero-order valence-electron chi connectivity index (χ0n) is 8.71. The molecular formula is C10H17N3O. The van der Waals surface area contributed by atoms with Crippen molar-refractivity contribution in [2.45, 2.75) is 13.5 Å². The molecule has 0 aliphatic rings. The number of hydrogen-bond donors (Lipinski definition) is 2. The normalized spacial score (nSPS) is 10.1. The van der Waals surface area contributed by atoms with Gasteiger partial charge in [0, 0.05) is 32.5 Å². The van der Waals surface area contributed by atoms with Crippen LogP contribution in [0.2, 0.25) is 0 Å². The number of aryl methyl sites for hydroxylation is 1. The molecule has 1 heterocycles. The Morgan fingerprint density at radius 3 is 2.93 bits per heavy atom. The second-order valence-corrected chi connectivity index (χ2v) is 3.24. The minimum absolute atomic E-state index is 0.0448. The van der Waals surface area contributed by atoms with Crippen molar-refractivity contribution >= 4 is 5.91 Å². The summed E-state index contributed by atoms with van der Waals surface area (Å²) >= 11 is 0. The van der Waals surface area contributed by atoms with E-state index in [1.807, 2.05) is 37.0 Å². The summed E-state index contributed by atoms with van der Waals surface area (Å²) in [6, 6.07) is 2.03. The molecule has 0 saturated carbocycles. The van der Waals surface area contributed by atoms with Crippen LogP contribution >= 0.6 is 0 Å². The molecule has 4 heteroatoms. The lowest BCUT2D eigenvalue weighted by molar-refractivity contribution is -0.120. The van der Waals surface area contributed by atoms with E-state index in [4.69, 9.17) is 0 Å². The van der Waals surface area contributed by atoms with Crippen molar-refractivity contribution < 1.29 is 4.79 Å². The van der Waals surface area contributed by atoms with Gasteiger partial charge in [0.2, 0.25) is 5.91 Å². The van der Waals surface area contributed by atoms with E-state index in [0.717, 1.165) is 6.54 Å². The summed E-state index contributed by atoms with van der Waals surface area (Å²) in [4.78, 5) is 11.1. The van der Waals surface area contributed by atoms with Gasteiger partial charge in [0.1, 0.15) is 0 Å². The molecule has 4 nitrogen and oxygen atoms in total. The third-order valence-corrected chi connectivity index (χ3v) is 1.88. The molecule has 0 unspecified atom stereocenters. The average Bonchev–Trinajstić information content (AvgIpc) is 2.52. The number of rotatable bonds is 5. The number of nitrogens with one attached hydrogen (secondary N) is 2. The average molecular weight is 195 g/mol. The van der Waals surface area contributed by atoms with Gasteiger partial charge in [-0.05, 0) is 18.6 Å². The third-order valence-electron chi connectivity index (χ3n) is 1.88. The first-order valence-corrected chi connectivity index (χ1v) is 4.80. The SMILES string of the molecule is CCNC(=O)CNCc1ccn(C)c1. The fourth-order valence-corrected chi connectivity index (χ4v) is 1.25. The van der Waals surface area contributed by atoms with Gasteiger partial charge in [0.05, 0.1) is 6.54 Å². The maximum atomic E-state index is 11.1. The molecule has 0 atom stereocenters. The van der Waals surface area contributed by atoms with Crippen molar-refractivity contribution in [2.75, 3.05) is 13.1 Å². The zero-order valence-corrected chi connectivity index (χ0v) is 8.71. The van der Waals surface area contributed by atoms with E-state index < -0.39 is 0 Å². The molecule has 0 radical (unpaired) electrons. The number of carbonyl (C=O) groups excluding carboxylic acids is 1. The molecule has 1 rings (SSSR count). The molecule has 14 heavy (non-hydrogen) atoms. The molecule has 0 bridgehead atoms. The fraction of sp³-hybridized carbons (Fsp3) is 0.500. The monoisotopic (exact) mass is 195 g/mol. The highest BCUT2D eigenvalue weighted by atomic mass is 16.1. The van der Waals surface area contributed by atoms with Gasteiger partial charge in [0.25, 0.3) is 0 Å². The lowest BCUT2D eigenvalue weighted by atomic mass is 10.3. The van der Waals surface area contributed by atoms with Gasteiger partial charge in [-0.3, -0.25) is 4.79 Å². The summed E-state index contributed by atoms with van der Waals surface area (Å²) in [5.41, 5.74) is 1.19. The van der Waals surface area contributed by atoms with E-state index in [0.29, 0.717) is 13.1 Å². The van der Waals surface area contributed by atoms with Gasteiger partial charge >= 0.3 is 0 Å². The highest BCUT2D eigenvalue weighted by Crippen LogP contribution is 1.97. The molecule has 0 aliphatic heterocycles. The molecule has 1 aromatic rings. The number of aromatic nitrogens is 1. The van der Waals surface area contributed by atoms with Crippen molar-refractivity contribution in [2.24, 2.45) is 7.05 Å². The Bertz CT molecular complexity index is 293. The third kappa shape index (κ3) is 3.62. The molecule has 0 aliphatic carbocycles. The fourth-order valence-electron chi connectivity index (χ4n) is 1.25. The Kier molecular flexibility index (Phi) is 4.19. The van der Waals surface area contributed by atoms with Crippen LogP contribution in [0.25, 0.3) is 0 Å². The minimum Gasteiger partial charge on any atom is -0.357 e. The lowest BCUT2D eigenvalue weighted by Gasteiger charge is -2.03. The summed E-state index contributed by atoms with van der Waals surface area (Å²) in [6.07, 6.45) is 4.02. The van der Waals surface area contributed by atoms with Crippen molar-refractivity contribution in [3.63, 3.8) is 0 Å². The van der Waals surface area contributed by atoms with Crippen molar-refractivity contribution in [3.05, 3.63) is 24.0 Å². The van der Waals surface area contributed by atoms with Gasteiger partial charge in [-0.25, -0.2) is 0 Å². The molecule has 0 spiro atoms. The number of likely N-dealkylation sites (N-methyl/N-ethyl adjacent to an activating group) is 1. The second-order valence-electron chi connectivity index (χ2n) is 3.24. The Morgan fingerprint density at radius 2 is 2.36 bits per heavy atom. The highest BCUT2D eigenvalue weighted by molar-refractivity contribution is 5.77. The molecular weight excluding hydrogens is 178 g/mol. The van der Waals surface area contributed by atoms with Crippen LogP contribution in [0.15, 0.2) is 18.5 Å². The molecule has 78 valence electrons. The van der Waals surface area contributed by atoms with Crippen LogP contribution in [0.4, 0.5) is 0 Å². The standard InChI is InChI=1S/C10H17N3O/c1-3-12-10(14)7-11-6-9-4-5-13(2)8-9/h4-5,8,11H,3,6-7H2,1-2H3,(H,12,14). The van der Waals surface area contributed by atoms with Gasteiger partial charge < -0.3 is 15.2 Å². The largest absolute Gasteiger partial charge is 0.357 e. The van der Waals surface area contributed by atoms with Gasteiger partial charge in [0.15, 0.2) is 0 Å². The molecule has 1 amide bonds. The number of amides is 1. The van der Waals surface area contributed by atoms with Crippen LogP contribution in [0.3, 0.4) is 0 Å². The lowest BCUT2D eigenvalue weighted by Crippen LogP contribution is -2.33. The summed E-state index contributed by atoms with van der Waals surface area (Å²) < 4.78 is 1.99. The second kappa shape index (κ2) is 5.44. The van der Waals surface area contributed by atoms with E-state index in [2.05, 4.69) is 10.6 Å². The van der Waals surface area contributed by atoms with E-state index in [9.17, 15) is 4.79 Å². The van der Waals surface area contributed by atoms with Gasteiger partial charge in [-0.1, -0.05) is 0 Å². The van der Waals surface area contributed by atoms with Crippen LogP contribution in [0.5, 0.6) is 0 Å². The molecule has 0 fully saturated rings. The topological polar surface area (TPSA) is 46.1 Å². The maximum Gasteiger partial charge on any atom is 0.233 e. The van der Waals surface area contributed by atoms with Crippen LogP contribution in [-0.2, 0) is 18.4 Å². The van der Waals surface area contributed by atoms with Crippen LogP contribution in [-0.4, -0.2) is 23.6 Å². The highest BCUT2D eigenvalue weighted by Gasteiger charge is 1.98. The quantitative estimate of drug-likeness (QED) is 0.707. The Hall–Kier alpha value is -1.29. The molecule has 1 aromatic heterocycles. The van der Waals surface area contributed by atoms with Crippen LogP contribution < -0.4 is 10.6 Å². The minimum atomic E-state index is 0.0448. The van der Waals surface area contributed by atoms with Crippen LogP contribution in [0, 0.1) is 0 Å². The smallest absolute Gasteiger partial charge is 0.233 e. The molecule has 0 saturated heterocycles. The summed E-state index contributed by atoms with van der Waals surface area (Å²) in [5.74, 6) is 0.0448. The maximum absolute atomic E-state index is 11.1. The van der Waals surface area contributed by atoms with Crippen molar-refractivity contribution in [3.8, 4) is 0 Å². The molecule has 2 N–H and O–H groups in total. The zero-order chi connectivity index (χ0) is 10.4. The number of hydrogen-bond acceptors (Lipinski definition) is 2. The number of carbonyl (C=O) groups is 1. The van der Waals surface area contributed by atoms with E-state index in [-0.39, 0.29) is 5.91 Å². The number of nitrogens with zero attached hydrogens (tertiary/aromatic N) is 1. The summed E-state index contributed by atoms with van der Waals surface area (Å²) in [5, 5.41) is 5.80. The Morgan fingerprint density at radius 1 is 1.57 bits per heavy atom. The summed E-state index contributed by atoms with van der Waals surface area (Å²) in [6.45, 7) is 3.71. The predicted octanol–water partition coefficient (Wildman–Crippen LogP) is 0.251. The van der Waals surface area contributed by atoms with Gasteiger partial charge in [-0.2, -0.15) is 0 Å². The Labute approximate surface area is 84.3 Å². The first-order chi connectivity index (χ1) is 6.72. The first-order valence-electron chi connectivity index (χ1n) is 4.80. The van der Waals surface area contributed by atoms with E-state index in [1.54, 1.807) is 0 Å².